The largest absolute Gasteiger partial charge is 0.317 e. The van der Waals surface area contributed by atoms with E-state index in [2.05, 4.69) is 15.3 Å². The van der Waals surface area contributed by atoms with Gasteiger partial charge in [-0.15, -0.1) is 0 Å². The van der Waals surface area contributed by atoms with Gasteiger partial charge in [-0.1, -0.05) is 0 Å². The molecular formula is C10H15N3O2S. The molecule has 0 atom stereocenters. The van der Waals surface area contributed by atoms with Gasteiger partial charge in [-0.25, -0.2) is 18.4 Å². The van der Waals surface area contributed by atoms with E-state index in [4.69, 9.17) is 0 Å². The van der Waals surface area contributed by atoms with Crippen molar-refractivity contribution in [2.45, 2.75) is 23.7 Å². The SMILES string of the molecule is CS(=O)(=O)c1cnc(C2CCNCC2)nc1. The summed E-state index contributed by atoms with van der Waals surface area (Å²) in [5.41, 5.74) is 0. The highest BCUT2D eigenvalue weighted by Crippen LogP contribution is 2.21. The molecule has 1 aliphatic heterocycles. The Morgan fingerprint density at radius 3 is 2.31 bits per heavy atom. The van der Waals surface area contributed by atoms with E-state index in [0.717, 1.165) is 38.0 Å². The van der Waals surface area contributed by atoms with Gasteiger partial charge in [0.25, 0.3) is 0 Å². The van der Waals surface area contributed by atoms with Crippen molar-refractivity contribution in [1.29, 1.82) is 0 Å². The number of nitrogens with zero attached hydrogens (tertiary/aromatic N) is 2. The molecule has 1 aromatic heterocycles. The predicted octanol–water partition coefficient (Wildman–Crippen LogP) is 0.347. The van der Waals surface area contributed by atoms with Crippen LogP contribution >= 0.6 is 0 Å². The number of aromatic nitrogens is 2. The summed E-state index contributed by atoms with van der Waals surface area (Å²) in [6.07, 6.45) is 5.99. The average Bonchev–Trinajstić information content (AvgIpc) is 2.29. The first kappa shape index (κ1) is 11.5. The van der Waals surface area contributed by atoms with E-state index < -0.39 is 9.84 Å². The van der Waals surface area contributed by atoms with E-state index in [1.807, 2.05) is 0 Å². The van der Waals surface area contributed by atoms with E-state index in [1.165, 1.54) is 12.4 Å². The van der Waals surface area contributed by atoms with E-state index in [-0.39, 0.29) is 4.90 Å². The minimum Gasteiger partial charge on any atom is -0.317 e. The zero-order valence-corrected chi connectivity index (χ0v) is 10.00. The molecule has 0 aliphatic carbocycles. The highest BCUT2D eigenvalue weighted by atomic mass is 32.2. The lowest BCUT2D eigenvalue weighted by Gasteiger charge is -2.20. The summed E-state index contributed by atoms with van der Waals surface area (Å²) in [7, 11) is -3.19. The van der Waals surface area contributed by atoms with Gasteiger partial charge in [-0.3, -0.25) is 0 Å². The summed E-state index contributed by atoms with van der Waals surface area (Å²) in [5.74, 6) is 1.11. The molecule has 0 saturated carbocycles. The molecule has 5 nitrogen and oxygen atoms in total. The van der Waals surface area contributed by atoms with Gasteiger partial charge in [0, 0.05) is 24.6 Å². The molecule has 88 valence electrons. The summed E-state index contributed by atoms with van der Waals surface area (Å²) < 4.78 is 22.5. The average molecular weight is 241 g/mol. The third-order valence-electron chi connectivity index (χ3n) is 2.78. The van der Waals surface area contributed by atoms with Crippen molar-refractivity contribution >= 4 is 9.84 Å². The van der Waals surface area contributed by atoms with Gasteiger partial charge < -0.3 is 5.32 Å². The van der Waals surface area contributed by atoms with Gasteiger partial charge in [0.15, 0.2) is 9.84 Å². The molecule has 1 N–H and O–H groups in total. The Hall–Kier alpha value is -1.01. The zero-order valence-electron chi connectivity index (χ0n) is 9.18. The second-order valence-corrected chi connectivity index (χ2v) is 6.09. The molecule has 16 heavy (non-hydrogen) atoms. The second-order valence-electron chi connectivity index (χ2n) is 4.07. The normalized spacial score (nSPS) is 18.6. The first-order valence-corrected chi connectivity index (χ1v) is 7.19. The van der Waals surface area contributed by atoms with Crippen molar-refractivity contribution in [1.82, 2.24) is 15.3 Å². The van der Waals surface area contributed by atoms with Crippen LogP contribution in [0.25, 0.3) is 0 Å². The highest BCUT2D eigenvalue weighted by molar-refractivity contribution is 7.90. The molecule has 2 heterocycles. The molecular weight excluding hydrogens is 226 g/mol. The topological polar surface area (TPSA) is 72.0 Å². The van der Waals surface area contributed by atoms with Crippen molar-refractivity contribution in [2.75, 3.05) is 19.3 Å². The fraction of sp³-hybridized carbons (Fsp3) is 0.600. The van der Waals surface area contributed by atoms with Gasteiger partial charge in [0.05, 0.1) is 0 Å². The van der Waals surface area contributed by atoms with Crippen molar-refractivity contribution < 1.29 is 8.42 Å². The second kappa shape index (κ2) is 4.47. The van der Waals surface area contributed by atoms with Crippen molar-refractivity contribution in [3.05, 3.63) is 18.2 Å². The minimum atomic E-state index is -3.19. The molecule has 0 radical (unpaired) electrons. The van der Waals surface area contributed by atoms with Crippen molar-refractivity contribution in [3.63, 3.8) is 0 Å². The third kappa shape index (κ3) is 2.56. The number of sulfone groups is 1. The van der Waals surface area contributed by atoms with Crippen LogP contribution in [-0.2, 0) is 9.84 Å². The summed E-state index contributed by atoms with van der Waals surface area (Å²) in [6, 6.07) is 0. The zero-order chi connectivity index (χ0) is 11.6. The molecule has 0 spiro atoms. The molecule has 2 rings (SSSR count). The summed E-state index contributed by atoms with van der Waals surface area (Å²) >= 11 is 0. The van der Waals surface area contributed by atoms with Crippen LogP contribution in [-0.4, -0.2) is 37.7 Å². The maximum Gasteiger partial charge on any atom is 0.178 e. The lowest BCUT2D eigenvalue weighted by molar-refractivity contribution is 0.444. The molecule has 6 heteroatoms. The molecule has 1 saturated heterocycles. The molecule has 0 aromatic carbocycles. The third-order valence-corrected chi connectivity index (χ3v) is 3.85. The molecule has 1 aliphatic rings. The van der Waals surface area contributed by atoms with Crippen LogP contribution in [0.5, 0.6) is 0 Å². The number of hydrogen-bond acceptors (Lipinski definition) is 5. The first-order chi connectivity index (χ1) is 7.57. The number of rotatable bonds is 2. The molecule has 1 fully saturated rings. The standard InChI is InChI=1S/C10H15N3O2S/c1-16(14,15)9-6-12-10(13-7-9)8-2-4-11-5-3-8/h6-8,11H,2-5H2,1H3. The van der Waals surface area contributed by atoms with Gasteiger partial charge in [0.2, 0.25) is 0 Å². The Kier molecular flexibility index (Phi) is 3.20. The summed E-state index contributed by atoms with van der Waals surface area (Å²) in [6.45, 7) is 1.95. The maximum absolute atomic E-state index is 11.2. The number of nitrogens with one attached hydrogen (secondary N) is 1. The van der Waals surface area contributed by atoms with Gasteiger partial charge in [0.1, 0.15) is 10.7 Å². The quantitative estimate of drug-likeness (QED) is 0.808. The number of hydrogen-bond donors (Lipinski definition) is 1. The number of piperidine rings is 1. The van der Waals surface area contributed by atoms with Crippen LogP contribution in [0.2, 0.25) is 0 Å². The van der Waals surface area contributed by atoms with Gasteiger partial charge in [-0.2, -0.15) is 0 Å². The lowest BCUT2D eigenvalue weighted by atomic mass is 9.97. The monoisotopic (exact) mass is 241 g/mol. The van der Waals surface area contributed by atoms with Crippen LogP contribution in [0.3, 0.4) is 0 Å². The van der Waals surface area contributed by atoms with E-state index in [9.17, 15) is 8.42 Å². The molecule has 1 aromatic rings. The Balaban J connectivity index is 2.18. The summed E-state index contributed by atoms with van der Waals surface area (Å²) in [5, 5.41) is 3.27. The van der Waals surface area contributed by atoms with Crippen molar-refractivity contribution in [3.8, 4) is 0 Å². The van der Waals surface area contributed by atoms with Crippen LogP contribution in [0.4, 0.5) is 0 Å². The van der Waals surface area contributed by atoms with Crippen LogP contribution in [0.1, 0.15) is 24.6 Å². The predicted molar refractivity (Wildman–Crippen MR) is 60.0 cm³/mol. The highest BCUT2D eigenvalue weighted by Gasteiger charge is 2.18. The smallest absolute Gasteiger partial charge is 0.178 e. The maximum atomic E-state index is 11.2. The van der Waals surface area contributed by atoms with E-state index in [0.29, 0.717) is 5.92 Å². The van der Waals surface area contributed by atoms with Crippen LogP contribution in [0.15, 0.2) is 17.3 Å². The molecule has 0 bridgehead atoms. The Morgan fingerprint density at radius 1 is 1.25 bits per heavy atom. The Labute approximate surface area is 95.2 Å². The minimum absolute atomic E-state index is 0.185. The fourth-order valence-electron chi connectivity index (χ4n) is 1.81. The lowest BCUT2D eigenvalue weighted by Crippen LogP contribution is -2.27. The van der Waals surface area contributed by atoms with Gasteiger partial charge >= 0.3 is 0 Å². The van der Waals surface area contributed by atoms with Crippen LogP contribution in [0, 0.1) is 0 Å². The van der Waals surface area contributed by atoms with E-state index >= 15 is 0 Å². The van der Waals surface area contributed by atoms with Crippen LogP contribution < -0.4 is 5.32 Å². The van der Waals surface area contributed by atoms with E-state index in [1.54, 1.807) is 0 Å². The Morgan fingerprint density at radius 2 is 1.81 bits per heavy atom. The first-order valence-electron chi connectivity index (χ1n) is 5.30. The fourth-order valence-corrected chi connectivity index (χ4v) is 2.30. The van der Waals surface area contributed by atoms with Crippen molar-refractivity contribution in [2.24, 2.45) is 0 Å². The van der Waals surface area contributed by atoms with Gasteiger partial charge in [-0.05, 0) is 25.9 Å². The molecule has 0 amide bonds. The molecule has 0 unspecified atom stereocenters. The summed E-state index contributed by atoms with van der Waals surface area (Å²) in [4.78, 5) is 8.49. The Bertz CT molecular complexity index is 449.